The van der Waals surface area contributed by atoms with E-state index in [1.807, 2.05) is 62.4 Å². The highest BCUT2D eigenvalue weighted by Crippen LogP contribution is 2.17. The lowest BCUT2D eigenvalue weighted by Gasteiger charge is -2.06. The van der Waals surface area contributed by atoms with E-state index in [1.165, 1.54) is 23.3 Å². The van der Waals surface area contributed by atoms with Crippen LogP contribution in [0.15, 0.2) is 73.8 Å². The van der Waals surface area contributed by atoms with Gasteiger partial charge in [0.1, 0.15) is 0 Å². The Hall–Kier alpha value is -3.14. The number of hydrogen-bond acceptors (Lipinski definition) is 2. The van der Waals surface area contributed by atoms with E-state index in [4.69, 9.17) is 0 Å². The van der Waals surface area contributed by atoms with E-state index in [0.717, 1.165) is 17.8 Å². The molecule has 2 aromatic rings. The lowest BCUT2D eigenvalue weighted by atomic mass is 10.0. The zero-order chi connectivity index (χ0) is 22.2. The fourth-order valence-electron chi connectivity index (χ4n) is 2.21. The topological polar surface area (TPSA) is 58.2 Å². The van der Waals surface area contributed by atoms with Gasteiger partial charge in [-0.25, -0.2) is 0 Å². The first-order chi connectivity index (χ1) is 13.9. The van der Waals surface area contributed by atoms with Gasteiger partial charge in [-0.3, -0.25) is 9.59 Å². The van der Waals surface area contributed by atoms with Crippen molar-refractivity contribution in [3.05, 3.63) is 85.0 Å². The number of benzene rings is 2. The SMILES string of the molecule is C=CC(=O)Nc1ccc(C(C)C)cc1.C=CC(=O)Nc1cccc(CC)c1.CC. The molecule has 2 amide bonds. The second-order valence-electron chi connectivity index (χ2n) is 6.22. The van der Waals surface area contributed by atoms with Gasteiger partial charge in [-0.05, 0) is 59.9 Å². The number of nitrogens with one attached hydrogen (secondary N) is 2. The second-order valence-corrected chi connectivity index (χ2v) is 6.22. The van der Waals surface area contributed by atoms with E-state index >= 15 is 0 Å². The predicted octanol–water partition coefficient (Wildman–Crippen LogP) is 6.33. The van der Waals surface area contributed by atoms with Crippen LogP contribution < -0.4 is 10.6 Å². The lowest BCUT2D eigenvalue weighted by Crippen LogP contribution is -2.07. The average molecular weight is 395 g/mol. The highest BCUT2D eigenvalue weighted by atomic mass is 16.2. The zero-order valence-electron chi connectivity index (χ0n) is 18.3. The number of amides is 2. The maximum atomic E-state index is 11.0. The zero-order valence-corrected chi connectivity index (χ0v) is 18.3. The van der Waals surface area contributed by atoms with Crippen LogP contribution in [0.5, 0.6) is 0 Å². The van der Waals surface area contributed by atoms with E-state index < -0.39 is 0 Å². The minimum Gasteiger partial charge on any atom is -0.323 e. The van der Waals surface area contributed by atoms with Crippen molar-refractivity contribution in [2.45, 2.75) is 47.0 Å². The molecule has 0 saturated heterocycles. The van der Waals surface area contributed by atoms with Crippen LogP contribution in [0.3, 0.4) is 0 Å². The molecule has 2 aromatic carbocycles. The summed E-state index contributed by atoms with van der Waals surface area (Å²) in [7, 11) is 0. The molecule has 29 heavy (non-hydrogen) atoms. The maximum absolute atomic E-state index is 11.0. The van der Waals surface area contributed by atoms with Gasteiger partial charge in [0, 0.05) is 11.4 Å². The standard InChI is InChI=1S/C12H15NO.C11H13NO.C2H6/c1-4-12(14)13-11-7-5-10(6-8-11)9(2)3;1-3-9-6-5-7-10(8-9)12-11(13)4-2;1-2/h4-9H,1H2,2-3H3,(H,13,14);4-8H,2-3H2,1H3,(H,12,13);1-2H3. The fourth-order valence-corrected chi connectivity index (χ4v) is 2.21. The predicted molar refractivity (Wildman–Crippen MR) is 125 cm³/mol. The fraction of sp³-hybridized carbons (Fsp3) is 0.280. The molecule has 0 unspecified atom stereocenters. The smallest absolute Gasteiger partial charge is 0.247 e. The van der Waals surface area contributed by atoms with Crippen LogP contribution in [-0.4, -0.2) is 11.8 Å². The van der Waals surface area contributed by atoms with E-state index in [9.17, 15) is 9.59 Å². The third-order valence-electron chi connectivity index (χ3n) is 3.82. The van der Waals surface area contributed by atoms with Crippen molar-refractivity contribution in [3.63, 3.8) is 0 Å². The summed E-state index contributed by atoms with van der Waals surface area (Å²) in [5.74, 6) is 0.162. The van der Waals surface area contributed by atoms with Crippen LogP contribution in [0.1, 0.15) is 51.7 Å². The monoisotopic (exact) mass is 394 g/mol. The van der Waals surface area contributed by atoms with Crippen LogP contribution >= 0.6 is 0 Å². The summed E-state index contributed by atoms with van der Waals surface area (Å²) < 4.78 is 0. The number of carbonyl (C=O) groups excluding carboxylic acids is 2. The molecular formula is C25H34N2O2. The van der Waals surface area contributed by atoms with Crippen molar-refractivity contribution in [3.8, 4) is 0 Å². The highest BCUT2D eigenvalue weighted by Gasteiger charge is 2.00. The van der Waals surface area contributed by atoms with Crippen LogP contribution in [0.4, 0.5) is 11.4 Å². The first-order valence-electron chi connectivity index (χ1n) is 9.95. The maximum Gasteiger partial charge on any atom is 0.247 e. The van der Waals surface area contributed by atoms with Gasteiger partial charge in [0.2, 0.25) is 11.8 Å². The van der Waals surface area contributed by atoms with Gasteiger partial charge in [-0.2, -0.15) is 0 Å². The molecule has 0 aliphatic rings. The van der Waals surface area contributed by atoms with Gasteiger partial charge in [-0.1, -0.05) is 72.0 Å². The Labute approximate surface area is 175 Å². The minimum absolute atomic E-state index is 0.173. The molecule has 0 radical (unpaired) electrons. The van der Waals surface area contributed by atoms with Crippen molar-refractivity contribution in [1.82, 2.24) is 0 Å². The molecule has 0 bridgehead atoms. The summed E-state index contributed by atoms with van der Waals surface area (Å²) in [4.78, 5) is 21.9. The average Bonchev–Trinajstić information content (AvgIpc) is 2.76. The summed E-state index contributed by atoms with van der Waals surface area (Å²) >= 11 is 0. The van der Waals surface area contributed by atoms with E-state index in [0.29, 0.717) is 5.92 Å². The Morgan fingerprint density at radius 1 is 0.897 bits per heavy atom. The summed E-state index contributed by atoms with van der Waals surface area (Å²) in [5, 5.41) is 5.41. The van der Waals surface area contributed by atoms with E-state index in [1.54, 1.807) is 0 Å². The number of anilines is 2. The Kier molecular flexibility index (Phi) is 13.3. The van der Waals surface area contributed by atoms with Gasteiger partial charge in [0.05, 0.1) is 0 Å². The number of carbonyl (C=O) groups is 2. The number of rotatable bonds is 6. The summed E-state index contributed by atoms with van der Waals surface area (Å²) in [5.41, 5.74) is 4.10. The summed E-state index contributed by atoms with van der Waals surface area (Å²) in [6.07, 6.45) is 3.49. The lowest BCUT2D eigenvalue weighted by molar-refractivity contribution is -0.112. The Morgan fingerprint density at radius 2 is 1.41 bits per heavy atom. The Morgan fingerprint density at radius 3 is 1.86 bits per heavy atom. The third kappa shape index (κ3) is 10.7. The third-order valence-corrected chi connectivity index (χ3v) is 3.82. The molecule has 0 saturated carbocycles. The Balaban J connectivity index is 0.000000499. The van der Waals surface area contributed by atoms with Crippen molar-refractivity contribution in [2.24, 2.45) is 0 Å². The Bertz CT molecular complexity index is 778. The summed E-state index contributed by atoms with van der Waals surface area (Å²) in [6, 6.07) is 15.6. The van der Waals surface area contributed by atoms with Crippen molar-refractivity contribution in [1.29, 1.82) is 0 Å². The number of hydrogen-bond donors (Lipinski definition) is 2. The van der Waals surface area contributed by atoms with Crippen LogP contribution in [0.25, 0.3) is 0 Å². The van der Waals surface area contributed by atoms with Crippen LogP contribution in [-0.2, 0) is 16.0 Å². The summed E-state index contributed by atoms with van der Waals surface area (Å²) in [6.45, 7) is 17.1. The molecule has 0 aromatic heterocycles. The van der Waals surface area contributed by atoms with E-state index in [2.05, 4.69) is 44.6 Å². The van der Waals surface area contributed by atoms with Crippen LogP contribution in [0, 0.1) is 0 Å². The van der Waals surface area contributed by atoms with Gasteiger partial charge < -0.3 is 10.6 Å². The largest absolute Gasteiger partial charge is 0.323 e. The minimum atomic E-state index is -0.178. The molecule has 0 heterocycles. The molecule has 2 rings (SSSR count). The van der Waals surface area contributed by atoms with Gasteiger partial charge in [-0.15, -0.1) is 0 Å². The molecule has 4 nitrogen and oxygen atoms in total. The molecule has 0 spiro atoms. The quantitative estimate of drug-likeness (QED) is 0.562. The molecule has 156 valence electrons. The van der Waals surface area contributed by atoms with Crippen LogP contribution in [0.2, 0.25) is 0 Å². The molecule has 0 atom stereocenters. The van der Waals surface area contributed by atoms with Crippen molar-refractivity contribution < 1.29 is 9.59 Å². The van der Waals surface area contributed by atoms with E-state index in [-0.39, 0.29) is 11.8 Å². The second kappa shape index (κ2) is 14.9. The van der Waals surface area contributed by atoms with Crippen molar-refractivity contribution in [2.75, 3.05) is 10.6 Å². The molecule has 0 fully saturated rings. The number of aryl methyl sites for hydroxylation is 1. The highest BCUT2D eigenvalue weighted by molar-refractivity contribution is 5.99. The first-order valence-corrected chi connectivity index (χ1v) is 9.95. The normalized spacial score (nSPS) is 9.17. The van der Waals surface area contributed by atoms with Crippen molar-refractivity contribution >= 4 is 23.2 Å². The molecular weight excluding hydrogens is 360 g/mol. The molecule has 4 heteroatoms. The first kappa shape index (κ1) is 25.9. The van der Waals surface area contributed by atoms with Gasteiger partial charge >= 0.3 is 0 Å². The van der Waals surface area contributed by atoms with Gasteiger partial charge in [0.15, 0.2) is 0 Å². The van der Waals surface area contributed by atoms with Gasteiger partial charge in [0.25, 0.3) is 0 Å². The molecule has 0 aliphatic heterocycles. The molecule has 0 aliphatic carbocycles. The molecule has 2 N–H and O–H groups in total.